The van der Waals surface area contributed by atoms with Crippen LogP contribution < -0.4 is 11.1 Å². The average Bonchev–Trinajstić information content (AvgIpc) is 2.80. The first kappa shape index (κ1) is 15.8. The highest BCUT2D eigenvalue weighted by Crippen LogP contribution is 2.17. The second-order valence-electron chi connectivity index (χ2n) is 4.46. The first-order chi connectivity index (χ1) is 9.15. The van der Waals surface area contributed by atoms with E-state index in [4.69, 9.17) is 5.73 Å². The van der Waals surface area contributed by atoms with Crippen molar-refractivity contribution in [1.82, 2.24) is 15.1 Å². The maximum Gasteiger partial charge on any atom is 0.231 e. The Morgan fingerprint density at radius 1 is 1.37 bits per heavy atom. The smallest absolute Gasteiger partial charge is 0.231 e. The molecule has 0 aliphatic carbocycles. The topological polar surface area (TPSA) is 84.1 Å². The molecular weight excluding hydrogens is 262 g/mol. The van der Waals surface area contributed by atoms with E-state index >= 15 is 0 Å². The Hall–Kier alpha value is -1.21. The molecule has 1 rings (SSSR count). The van der Waals surface area contributed by atoms with Gasteiger partial charge in [0.1, 0.15) is 5.01 Å². The molecule has 0 saturated carbocycles. The Labute approximate surface area is 118 Å². The zero-order valence-electron chi connectivity index (χ0n) is 11.7. The Bertz CT molecular complexity index is 382. The predicted octanol–water partition coefficient (Wildman–Crippen LogP) is 1.45. The van der Waals surface area contributed by atoms with Crippen molar-refractivity contribution in [2.24, 2.45) is 5.73 Å². The van der Waals surface area contributed by atoms with E-state index < -0.39 is 0 Å². The lowest BCUT2D eigenvalue weighted by atomic mass is 10.3. The fraction of sp³-hybridized carbons (Fsp3) is 0.750. The van der Waals surface area contributed by atoms with Crippen molar-refractivity contribution in [2.75, 3.05) is 25.0 Å². The summed E-state index contributed by atoms with van der Waals surface area (Å²) in [4.78, 5) is 13.1. The number of primary amides is 1. The second kappa shape index (κ2) is 8.82. The summed E-state index contributed by atoms with van der Waals surface area (Å²) in [5.41, 5.74) is 5.26. The van der Waals surface area contributed by atoms with Gasteiger partial charge < -0.3 is 11.1 Å². The molecule has 0 atom stereocenters. The molecular formula is C12H23N5OS. The number of nitrogens with one attached hydrogen (secondary N) is 1. The van der Waals surface area contributed by atoms with E-state index in [1.54, 1.807) is 0 Å². The van der Waals surface area contributed by atoms with Gasteiger partial charge in [-0.3, -0.25) is 9.69 Å². The third kappa shape index (κ3) is 6.49. The number of unbranched alkanes of at least 4 members (excludes halogenated alkanes) is 1. The SMILES string of the molecule is CCCCN(CC(N)=O)Cc1nnc(NCCC)s1. The third-order valence-corrected chi connectivity index (χ3v) is 3.42. The predicted molar refractivity (Wildman–Crippen MR) is 78.1 cm³/mol. The van der Waals surface area contributed by atoms with E-state index in [-0.39, 0.29) is 12.5 Å². The van der Waals surface area contributed by atoms with Crippen molar-refractivity contribution in [3.63, 3.8) is 0 Å². The molecule has 19 heavy (non-hydrogen) atoms. The van der Waals surface area contributed by atoms with Crippen LogP contribution in [0.5, 0.6) is 0 Å². The van der Waals surface area contributed by atoms with Gasteiger partial charge >= 0.3 is 0 Å². The molecule has 3 N–H and O–H groups in total. The van der Waals surface area contributed by atoms with Crippen molar-refractivity contribution in [2.45, 2.75) is 39.7 Å². The Morgan fingerprint density at radius 3 is 2.79 bits per heavy atom. The Balaban J connectivity index is 2.51. The minimum Gasteiger partial charge on any atom is -0.369 e. The minimum atomic E-state index is -0.301. The van der Waals surface area contributed by atoms with Crippen LogP contribution in [-0.4, -0.2) is 40.6 Å². The standard InChI is InChI=1S/C12H23N5OS/c1-3-5-7-17(8-10(13)18)9-11-15-16-12(19-11)14-6-4-2/h3-9H2,1-2H3,(H2,13,18)(H,14,16). The molecule has 0 spiro atoms. The first-order valence-corrected chi connectivity index (χ1v) is 7.54. The molecule has 1 amide bonds. The Kier molecular flexibility index (Phi) is 7.35. The zero-order chi connectivity index (χ0) is 14.1. The summed E-state index contributed by atoms with van der Waals surface area (Å²) in [7, 11) is 0. The van der Waals surface area contributed by atoms with Crippen LogP contribution in [-0.2, 0) is 11.3 Å². The average molecular weight is 285 g/mol. The van der Waals surface area contributed by atoms with Gasteiger partial charge in [-0.05, 0) is 19.4 Å². The highest BCUT2D eigenvalue weighted by atomic mass is 32.1. The maximum atomic E-state index is 11.0. The first-order valence-electron chi connectivity index (χ1n) is 6.72. The molecule has 1 aromatic heterocycles. The summed E-state index contributed by atoms with van der Waals surface area (Å²) in [5, 5.41) is 13.2. The maximum absolute atomic E-state index is 11.0. The number of aromatic nitrogens is 2. The van der Waals surface area contributed by atoms with Gasteiger partial charge in [-0.15, -0.1) is 10.2 Å². The lowest BCUT2D eigenvalue weighted by Crippen LogP contribution is -2.34. The van der Waals surface area contributed by atoms with Gasteiger partial charge in [0.05, 0.1) is 13.1 Å². The van der Waals surface area contributed by atoms with Crippen molar-refractivity contribution in [3.05, 3.63) is 5.01 Å². The zero-order valence-corrected chi connectivity index (χ0v) is 12.5. The molecule has 1 heterocycles. The van der Waals surface area contributed by atoms with Crippen molar-refractivity contribution >= 4 is 22.4 Å². The third-order valence-electron chi connectivity index (χ3n) is 2.56. The molecule has 0 unspecified atom stereocenters. The van der Waals surface area contributed by atoms with Crippen LogP contribution in [0.25, 0.3) is 0 Å². The van der Waals surface area contributed by atoms with Gasteiger partial charge in [0.25, 0.3) is 0 Å². The van der Waals surface area contributed by atoms with Crippen LogP contribution in [0.3, 0.4) is 0 Å². The monoisotopic (exact) mass is 285 g/mol. The highest BCUT2D eigenvalue weighted by molar-refractivity contribution is 7.15. The number of amides is 1. The molecule has 0 aliphatic heterocycles. The molecule has 1 aromatic rings. The van der Waals surface area contributed by atoms with Gasteiger partial charge in [0, 0.05) is 6.54 Å². The lowest BCUT2D eigenvalue weighted by Gasteiger charge is -2.18. The summed E-state index contributed by atoms with van der Waals surface area (Å²) < 4.78 is 0. The number of carbonyl (C=O) groups is 1. The van der Waals surface area contributed by atoms with E-state index in [0.29, 0.717) is 6.54 Å². The minimum absolute atomic E-state index is 0.275. The molecule has 0 fully saturated rings. The van der Waals surface area contributed by atoms with Gasteiger partial charge in [-0.2, -0.15) is 0 Å². The highest BCUT2D eigenvalue weighted by Gasteiger charge is 2.12. The largest absolute Gasteiger partial charge is 0.369 e. The number of carbonyl (C=O) groups excluding carboxylic acids is 1. The number of nitrogens with two attached hydrogens (primary N) is 1. The summed E-state index contributed by atoms with van der Waals surface area (Å²) in [6.45, 7) is 6.90. The summed E-state index contributed by atoms with van der Waals surface area (Å²) in [5.74, 6) is -0.301. The normalized spacial score (nSPS) is 10.9. The number of hydrogen-bond donors (Lipinski definition) is 2. The van der Waals surface area contributed by atoms with E-state index in [1.165, 1.54) is 11.3 Å². The van der Waals surface area contributed by atoms with Crippen LogP contribution in [0.2, 0.25) is 0 Å². The van der Waals surface area contributed by atoms with Crippen LogP contribution in [0.4, 0.5) is 5.13 Å². The second-order valence-corrected chi connectivity index (χ2v) is 5.52. The van der Waals surface area contributed by atoms with Gasteiger partial charge in [-0.25, -0.2) is 0 Å². The quantitative estimate of drug-likeness (QED) is 0.679. The van der Waals surface area contributed by atoms with Gasteiger partial charge in [-0.1, -0.05) is 31.6 Å². The van der Waals surface area contributed by atoms with E-state index in [2.05, 4.69) is 29.4 Å². The van der Waals surface area contributed by atoms with Crippen LogP contribution in [0.15, 0.2) is 0 Å². The summed E-state index contributed by atoms with van der Waals surface area (Å²) in [6, 6.07) is 0. The molecule has 0 aliphatic rings. The van der Waals surface area contributed by atoms with E-state index in [0.717, 1.165) is 42.5 Å². The molecule has 108 valence electrons. The molecule has 7 heteroatoms. The summed E-state index contributed by atoms with van der Waals surface area (Å²) in [6.07, 6.45) is 3.20. The molecule has 0 saturated heterocycles. The van der Waals surface area contributed by atoms with Crippen molar-refractivity contribution in [1.29, 1.82) is 0 Å². The Morgan fingerprint density at radius 2 is 2.16 bits per heavy atom. The molecule has 0 bridgehead atoms. The van der Waals surface area contributed by atoms with E-state index in [9.17, 15) is 4.79 Å². The molecule has 0 aromatic carbocycles. The number of hydrogen-bond acceptors (Lipinski definition) is 6. The lowest BCUT2D eigenvalue weighted by molar-refractivity contribution is -0.119. The number of nitrogens with zero attached hydrogens (tertiary/aromatic N) is 3. The molecule has 0 radical (unpaired) electrons. The summed E-state index contributed by atoms with van der Waals surface area (Å²) >= 11 is 1.53. The number of rotatable bonds is 10. The van der Waals surface area contributed by atoms with Crippen LogP contribution in [0.1, 0.15) is 38.1 Å². The van der Waals surface area contributed by atoms with Crippen molar-refractivity contribution < 1.29 is 4.79 Å². The van der Waals surface area contributed by atoms with Gasteiger partial charge in [0.2, 0.25) is 11.0 Å². The fourth-order valence-corrected chi connectivity index (χ4v) is 2.44. The number of anilines is 1. The van der Waals surface area contributed by atoms with Crippen LogP contribution >= 0.6 is 11.3 Å². The fourth-order valence-electron chi connectivity index (χ4n) is 1.63. The van der Waals surface area contributed by atoms with E-state index in [1.807, 2.05) is 4.90 Å². The molecule has 6 nitrogen and oxygen atoms in total. The van der Waals surface area contributed by atoms with Crippen LogP contribution in [0, 0.1) is 0 Å². The van der Waals surface area contributed by atoms with Gasteiger partial charge in [0.15, 0.2) is 0 Å². The van der Waals surface area contributed by atoms with Crippen molar-refractivity contribution in [3.8, 4) is 0 Å².